The normalized spacial score (nSPS) is 13.4. The van der Waals surface area contributed by atoms with E-state index in [2.05, 4.69) is 4.72 Å². The lowest BCUT2D eigenvalue weighted by molar-refractivity contribution is 0.0992. The number of sulfonamides is 1. The Morgan fingerprint density at radius 2 is 2.16 bits per heavy atom. The molecule has 0 radical (unpaired) electrons. The van der Waals surface area contributed by atoms with E-state index in [0.717, 1.165) is 6.42 Å². The van der Waals surface area contributed by atoms with Crippen molar-refractivity contribution in [2.24, 2.45) is 18.5 Å². The number of nitrogens with one attached hydrogen (secondary N) is 1. The Kier molecular flexibility index (Phi) is 5.10. The van der Waals surface area contributed by atoms with Gasteiger partial charge < -0.3 is 16.0 Å². The van der Waals surface area contributed by atoms with Gasteiger partial charge in [0.2, 0.25) is 10.0 Å². The third kappa shape index (κ3) is 3.79. The van der Waals surface area contributed by atoms with E-state index >= 15 is 0 Å². The molecule has 1 heterocycles. The van der Waals surface area contributed by atoms with Crippen LogP contribution in [0.15, 0.2) is 17.2 Å². The zero-order valence-corrected chi connectivity index (χ0v) is 11.9. The molecule has 1 rings (SSSR count). The largest absolute Gasteiger partial charge is 0.364 e. The van der Waals surface area contributed by atoms with Crippen LogP contribution in [0.2, 0.25) is 0 Å². The van der Waals surface area contributed by atoms with Crippen LogP contribution in [0, 0.1) is 0 Å². The van der Waals surface area contributed by atoms with Crippen LogP contribution in [0.25, 0.3) is 0 Å². The topological polar surface area (TPSA) is 120 Å². The highest BCUT2D eigenvalue weighted by molar-refractivity contribution is 7.89. The molecule has 0 saturated carbocycles. The van der Waals surface area contributed by atoms with E-state index in [1.807, 2.05) is 6.92 Å². The van der Waals surface area contributed by atoms with Gasteiger partial charge in [-0.15, -0.1) is 0 Å². The fourth-order valence-corrected chi connectivity index (χ4v) is 3.14. The maximum absolute atomic E-state index is 12.1. The predicted molar refractivity (Wildman–Crippen MR) is 72.0 cm³/mol. The van der Waals surface area contributed by atoms with E-state index in [9.17, 15) is 13.2 Å². The van der Waals surface area contributed by atoms with Crippen molar-refractivity contribution in [1.82, 2.24) is 9.29 Å². The van der Waals surface area contributed by atoms with Gasteiger partial charge in [-0.05, 0) is 12.5 Å². The molecule has 5 N–H and O–H groups in total. The standard InChI is InChI=1S/C11H20N4O3S/c1-3-4-8(6-12)14-19(17,18)9-5-10(11(13)16)15(2)7-9/h5,7-8,14H,3-4,6,12H2,1-2H3,(H2,13,16). The highest BCUT2D eigenvalue weighted by Crippen LogP contribution is 2.14. The van der Waals surface area contributed by atoms with Crippen molar-refractivity contribution in [2.45, 2.75) is 30.7 Å². The molecule has 1 amide bonds. The summed E-state index contributed by atoms with van der Waals surface area (Å²) in [5.41, 5.74) is 10.8. The maximum Gasteiger partial charge on any atom is 0.265 e. The molecular weight excluding hydrogens is 268 g/mol. The van der Waals surface area contributed by atoms with E-state index in [4.69, 9.17) is 11.5 Å². The molecule has 7 nitrogen and oxygen atoms in total. The average Bonchev–Trinajstić information content (AvgIpc) is 2.71. The second-order valence-corrected chi connectivity index (χ2v) is 6.09. The van der Waals surface area contributed by atoms with E-state index in [-0.39, 0.29) is 23.2 Å². The summed E-state index contributed by atoms with van der Waals surface area (Å²) in [6.45, 7) is 2.17. The van der Waals surface area contributed by atoms with Gasteiger partial charge in [0, 0.05) is 25.8 Å². The van der Waals surface area contributed by atoms with Crippen LogP contribution in [0.1, 0.15) is 30.3 Å². The van der Waals surface area contributed by atoms with Crippen LogP contribution < -0.4 is 16.2 Å². The van der Waals surface area contributed by atoms with E-state index in [0.29, 0.717) is 6.42 Å². The SMILES string of the molecule is CCCC(CN)NS(=O)(=O)c1cc(C(N)=O)n(C)c1. The lowest BCUT2D eigenvalue weighted by Gasteiger charge is -2.15. The smallest absolute Gasteiger partial charge is 0.265 e. The first-order chi connectivity index (χ1) is 8.81. The number of hydrogen-bond donors (Lipinski definition) is 3. The summed E-state index contributed by atoms with van der Waals surface area (Å²) >= 11 is 0. The number of nitrogens with zero attached hydrogens (tertiary/aromatic N) is 1. The zero-order chi connectivity index (χ0) is 14.6. The molecular formula is C11H20N4O3S. The van der Waals surface area contributed by atoms with Gasteiger partial charge in [0.15, 0.2) is 0 Å². The van der Waals surface area contributed by atoms with Crippen molar-refractivity contribution in [1.29, 1.82) is 0 Å². The number of carbonyl (C=O) groups excluding carboxylic acids is 1. The van der Waals surface area contributed by atoms with Crippen LogP contribution in [0.3, 0.4) is 0 Å². The number of carbonyl (C=O) groups is 1. The maximum atomic E-state index is 12.1. The minimum atomic E-state index is -3.69. The predicted octanol–water partition coefficient (Wildman–Crippen LogP) is -0.470. The van der Waals surface area contributed by atoms with Crippen LogP contribution in [-0.2, 0) is 17.1 Å². The van der Waals surface area contributed by atoms with E-state index in [1.165, 1.54) is 16.8 Å². The third-order valence-electron chi connectivity index (χ3n) is 2.79. The first kappa shape index (κ1) is 15.7. The lowest BCUT2D eigenvalue weighted by atomic mass is 10.2. The molecule has 0 aliphatic heterocycles. The van der Waals surface area contributed by atoms with Gasteiger partial charge in [-0.25, -0.2) is 13.1 Å². The quantitative estimate of drug-likeness (QED) is 0.628. The van der Waals surface area contributed by atoms with E-state index in [1.54, 1.807) is 7.05 Å². The minimum Gasteiger partial charge on any atom is -0.364 e. The van der Waals surface area contributed by atoms with Gasteiger partial charge in [-0.1, -0.05) is 13.3 Å². The monoisotopic (exact) mass is 288 g/mol. The van der Waals surface area contributed by atoms with Gasteiger partial charge in [0.05, 0.1) is 0 Å². The van der Waals surface area contributed by atoms with Crippen LogP contribution >= 0.6 is 0 Å². The minimum absolute atomic E-state index is 0.0124. The molecule has 0 bridgehead atoms. The number of hydrogen-bond acceptors (Lipinski definition) is 4. The summed E-state index contributed by atoms with van der Waals surface area (Å²) in [7, 11) is -2.13. The first-order valence-electron chi connectivity index (χ1n) is 6.00. The van der Waals surface area contributed by atoms with Crippen molar-refractivity contribution in [2.75, 3.05) is 6.54 Å². The second-order valence-electron chi connectivity index (χ2n) is 4.38. The Hall–Kier alpha value is -1.38. The van der Waals surface area contributed by atoms with Crippen LogP contribution in [-0.4, -0.2) is 31.5 Å². The summed E-state index contributed by atoms with van der Waals surface area (Å²) < 4.78 is 28.2. The summed E-state index contributed by atoms with van der Waals surface area (Å²) in [6, 6.07) is 0.941. The summed E-state index contributed by atoms with van der Waals surface area (Å²) in [6.07, 6.45) is 2.83. The van der Waals surface area contributed by atoms with Crippen molar-refractivity contribution >= 4 is 15.9 Å². The van der Waals surface area contributed by atoms with Crippen molar-refractivity contribution in [3.8, 4) is 0 Å². The van der Waals surface area contributed by atoms with Crippen LogP contribution in [0.4, 0.5) is 0 Å². The Morgan fingerprint density at radius 3 is 2.58 bits per heavy atom. The molecule has 1 atom stereocenters. The second kappa shape index (κ2) is 6.18. The fraction of sp³-hybridized carbons (Fsp3) is 0.545. The van der Waals surface area contributed by atoms with Crippen LogP contribution in [0.5, 0.6) is 0 Å². The number of rotatable bonds is 7. The molecule has 1 unspecified atom stereocenters. The lowest BCUT2D eigenvalue weighted by Crippen LogP contribution is -2.39. The summed E-state index contributed by atoms with van der Waals surface area (Å²) in [4.78, 5) is 11.1. The Labute approximate surface area is 113 Å². The van der Waals surface area contributed by atoms with Crippen molar-refractivity contribution in [3.05, 3.63) is 18.0 Å². The molecule has 0 aromatic carbocycles. The summed E-state index contributed by atoms with van der Waals surface area (Å²) in [5, 5.41) is 0. The van der Waals surface area contributed by atoms with Crippen molar-refractivity contribution < 1.29 is 13.2 Å². The number of aryl methyl sites for hydroxylation is 1. The molecule has 0 fully saturated rings. The molecule has 1 aromatic heterocycles. The molecule has 0 spiro atoms. The molecule has 0 saturated heterocycles. The van der Waals surface area contributed by atoms with Gasteiger partial charge in [0.1, 0.15) is 10.6 Å². The highest BCUT2D eigenvalue weighted by atomic mass is 32.2. The van der Waals surface area contributed by atoms with Gasteiger partial charge in [-0.3, -0.25) is 4.79 Å². The molecule has 108 valence electrons. The highest BCUT2D eigenvalue weighted by Gasteiger charge is 2.22. The Bertz CT molecular complexity index is 550. The van der Waals surface area contributed by atoms with Crippen molar-refractivity contribution in [3.63, 3.8) is 0 Å². The number of nitrogens with two attached hydrogens (primary N) is 2. The molecule has 1 aromatic rings. The molecule has 19 heavy (non-hydrogen) atoms. The van der Waals surface area contributed by atoms with Gasteiger partial charge in [-0.2, -0.15) is 0 Å². The molecule has 8 heteroatoms. The zero-order valence-electron chi connectivity index (χ0n) is 11.1. The number of amides is 1. The van der Waals surface area contributed by atoms with Gasteiger partial charge in [0.25, 0.3) is 5.91 Å². The van der Waals surface area contributed by atoms with Gasteiger partial charge >= 0.3 is 0 Å². The summed E-state index contributed by atoms with van der Waals surface area (Å²) in [5.74, 6) is -0.673. The first-order valence-corrected chi connectivity index (χ1v) is 7.48. The third-order valence-corrected chi connectivity index (χ3v) is 4.27. The number of aromatic nitrogens is 1. The average molecular weight is 288 g/mol. The molecule has 0 aliphatic rings. The Morgan fingerprint density at radius 1 is 1.53 bits per heavy atom. The molecule has 0 aliphatic carbocycles. The fourth-order valence-electron chi connectivity index (χ4n) is 1.79. The number of primary amides is 1. The Balaban J connectivity index is 3.00. The van der Waals surface area contributed by atoms with E-state index < -0.39 is 15.9 Å².